The minimum absolute atomic E-state index is 0.0903. The molecule has 81 heavy (non-hydrogen) atoms. The minimum Gasteiger partial charge on any atom is -0.462 e. The van der Waals surface area contributed by atoms with Gasteiger partial charge in [0.25, 0.3) is 0 Å². The Morgan fingerprint density at radius 2 is 0.481 bits per heavy atom. The van der Waals surface area contributed by atoms with Gasteiger partial charge >= 0.3 is 17.9 Å². The molecule has 0 aromatic carbocycles. The van der Waals surface area contributed by atoms with E-state index in [4.69, 9.17) is 14.2 Å². The standard InChI is InChI=1S/C75H124O6/c1-4-7-10-13-16-19-22-24-26-28-30-32-33-34-35-36-37-38-39-40-41-43-44-46-48-50-53-56-59-62-65-68-74(77)80-71-72(70-79-73(76)67-64-61-58-55-52-21-18-15-12-9-6-3)81-75(78)69-66-63-60-57-54-51-49-47-45-42-31-29-27-25-23-20-17-14-11-8-5-2/h7-8,10-11,15-20,24-27,30-32,34-35,42,47,49,72H,4-6,9,12-14,21-23,28-29,33,36-41,43-46,48,50-71H2,1-3H3/b10-7-,11-8-,18-15-,19-16-,20-17-,26-24-,27-25-,32-30-,35-34-,42-31-,49-47-. The van der Waals surface area contributed by atoms with Crippen molar-refractivity contribution in [1.29, 1.82) is 0 Å². The van der Waals surface area contributed by atoms with E-state index in [-0.39, 0.29) is 31.1 Å². The van der Waals surface area contributed by atoms with E-state index in [9.17, 15) is 14.4 Å². The summed E-state index contributed by atoms with van der Waals surface area (Å²) in [6.45, 7) is 6.37. The lowest BCUT2D eigenvalue weighted by molar-refractivity contribution is -0.167. The fourth-order valence-electron chi connectivity index (χ4n) is 9.13. The SMILES string of the molecule is CC/C=C\C/C=C\C/C=C\C/C=C\C/C=C\CCCCCCCCCCCCCCCCCC(=O)OCC(COC(=O)CCCCCCC/C=C\CCCC)OC(=O)CCCCCCC/C=C\C/C=C\C/C=C\C/C=C\C/C=C\CC. The van der Waals surface area contributed by atoms with Crippen molar-refractivity contribution in [2.24, 2.45) is 0 Å². The van der Waals surface area contributed by atoms with E-state index in [1.165, 1.54) is 109 Å². The van der Waals surface area contributed by atoms with Gasteiger partial charge in [0.05, 0.1) is 0 Å². The van der Waals surface area contributed by atoms with Gasteiger partial charge in [0.1, 0.15) is 13.2 Å². The van der Waals surface area contributed by atoms with Crippen LogP contribution in [0, 0.1) is 0 Å². The highest BCUT2D eigenvalue weighted by Gasteiger charge is 2.19. The van der Waals surface area contributed by atoms with E-state index in [0.29, 0.717) is 19.3 Å². The summed E-state index contributed by atoms with van der Waals surface area (Å²) >= 11 is 0. The third-order valence-electron chi connectivity index (χ3n) is 14.1. The zero-order chi connectivity index (χ0) is 58.5. The molecular weight excluding hydrogens is 997 g/mol. The largest absolute Gasteiger partial charge is 0.462 e. The quantitative estimate of drug-likeness (QED) is 0.0261. The van der Waals surface area contributed by atoms with Crippen LogP contribution in [0.15, 0.2) is 134 Å². The Labute approximate surface area is 500 Å². The van der Waals surface area contributed by atoms with Gasteiger partial charge in [0.15, 0.2) is 6.10 Å². The summed E-state index contributed by atoms with van der Waals surface area (Å²) in [6.07, 6.45) is 96.2. The normalized spacial score (nSPS) is 13.0. The summed E-state index contributed by atoms with van der Waals surface area (Å²) in [5, 5.41) is 0. The van der Waals surface area contributed by atoms with E-state index in [2.05, 4.69) is 154 Å². The number of hydrogen-bond donors (Lipinski definition) is 0. The van der Waals surface area contributed by atoms with Crippen LogP contribution in [-0.2, 0) is 28.6 Å². The van der Waals surface area contributed by atoms with Gasteiger partial charge in [-0.05, 0) is 128 Å². The van der Waals surface area contributed by atoms with Gasteiger partial charge in [-0.25, -0.2) is 0 Å². The molecule has 0 amide bonds. The number of rotatable bonds is 60. The lowest BCUT2D eigenvalue weighted by Crippen LogP contribution is -2.30. The summed E-state index contributed by atoms with van der Waals surface area (Å²) in [7, 11) is 0. The van der Waals surface area contributed by atoms with Crippen LogP contribution in [0.3, 0.4) is 0 Å². The van der Waals surface area contributed by atoms with Gasteiger partial charge in [-0.15, -0.1) is 0 Å². The third kappa shape index (κ3) is 66.2. The van der Waals surface area contributed by atoms with Crippen LogP contribution in [-0.4, -0.2) is 37.2 Å². The van der Waals surface area contributed by atoms with E-state index >= 15 is 0 Å². The zero-order valence-corrected chi connectivity index (χ0v) is 52.8. The number of ether oxygens (including phenoxy) is 3. The van der Waals surface area contributed by atoms with Crippen molar-refractivity contribution in [3.8, 4) is 0 Å². The first kappa shape index (κ1) is 76.5. The monoisotopic (exact) mass is 1120 g/mol. The molecule has 0 aliphatic carbocycles. The van der Waals surface area contributed by atoms with Crippen molar-refractivity contribution in [3.63, 3.8) is 0 Å². The molecule has 0 aliphatic heterocycles. The average Bonchev–Trinajstić information content (AvgIpc) is 3.47. The Balaban J connectivity index is 4.25. The molecule has 0 N–H and O–H groups in total. The maximum absolute atomic E-state index is 12.9. The van der Waals surface area contributed by atoms with Crippen LogP contribution >= 0.6 is 0 Å². The highest BCUT2D eigenvalue weighted by molar-refractivity contribution is 5.71. The Morgan fingerprint density at radius 3 is 0.765 bits per heavy atom. The van der Waals surface area contributed by atoms with E-state index in [0.717, 1.165) is 154 Å². The lowest BCUT2D eigenvalue weighted by atomic mass is 10.0. The number of carbonyl (C=O) groups excluding carboxylic acids is 3. The summed E-state index contributed by atoms with van der Waals surface area (Å²) < 4.78 is 16.9. The lowest BCUT2D eigenvalue weighted by Gasteiger charge is -2.18. The minimum atomic E-state index is -0.796. The van der Waals surface area contributed by atoms with E-state index in [1.807, 2.05) is 0 Å². The Kier molecular flexibility index (Phi) is 64.3. The molecule has 0 bridgehead atoms. The zero-order valence-electron chi connectivity index (χ0n) is 52.8. The molecule has 460 valence electrons. The van der Waals surface area contributed by atoms with Crippen LogP contribution < -0.4 is 0 Å². The van der Waals surface area contributed by atoms with Crippen LogP contribution in [0.4, 0.5) is 0 Å². The first-order chi connectivity index (χ1) is 40.0. The third-order valence-corrected chi connectivity index (χ3v) is 14.1. The van der Waals surface area contributed by atoms with Crippen LogP contribution in [0.1, 0.15) is 303 Å². The highest BCUT2D eigenvalue weighted by atomic mass is 16.6. The smallest absolute Gasteiger partial charge is 0.306 e. The molecule has 0 aliphatic rings. The van der Waals surface area contributed by atoms with Gasteiger partial charge in [0, 0.05) is 19.3 Å². The Bertz CT molecular complexity index is 1720. The summed E-state index contributed by atoms with van der Waals surface area (Å²) in [6, 6.07) is 0. The molecule has 0 fully saturated rings. The molecule has 1 atom stereocenters. The van der Waals surface area contributed by atoms with Gasteiger partial charge in [-0.2, -0.15) is 0 Å². The van der Waals surface area contributed by atoms with Crippen molar-refractivity contribution in [2.75, 3.05) is 13.2 Å². The molecule has 0 aromatic rings. The van der Waals surface area contributed by atoms with Crippen molar-refractivity contribution in [1.82, 2.24) is 0 Å². The van der Waals surface area contributed by atoms with E-state index in [1.54, 1.807) is 0 Å². The second-order valence-corrected chi connectivity index (χ2v) is 22.0. The molecule has 0 heterocycles. The molecule has 0 aromatic heterocycles. The van der Waals surface area contributed by atoms with Crippen LogP contribution in [0.25, 0.3) is 0 Å². The number of unbranched alkanes of at least 4 members (excludes halogenated alkanes) is 27. The summed E-state index contributed by atoms with van der Waals surface area (Å²) in [5.74, 6) is -0.915. The molecule has 6 heteroatoms. The van der Waals surface area contributed by atoms with Gasteiger partial charge in [0.2, 0.25) is 0 Å². The van der Waals surface area contributed by atoms with Crippen molar-refractivity contribution >= 4 is 17.9 Å². The number of esters is 3. The van der Waals surface area contributed by atoms with Crippen molar-refractivity contribution in [3.05, 3.63) is 134 Å². The molecular formula is C75H124O6. The number of carbonyl (C=O) groups is 3. The van der Waals surface area contributed by atoms with Gasteiger partial charge in [-0.3, -0.25) is 14.4 Å². The van der Waals surface area contributed by atoms with E-state index < -0.39 is 6.10 Å². The molecule has 0 rings (SSSR count). The first-order valence-corrected chi connectivity index (χ1v) is 33.7. The van der Waals surface area contributed by atoms with Crippen LogP contribution in [0.5, 0.6) is 0 Å². The molecule has 1 unspecified atom stereocenters. The Morgan fingerprint density at radius 1 is 0.259 bits per heavy atom. The first-order valence-electron chi connectivity index (χ1n) is 33.7. The fourth-order valence-corrected chi connectivity index (χ4v) is 9.13. The summed E-state index contributed by atoms with van der Waals surface area (Å²) in [5.41, 5.74) is 0. The van der Waals surface area contributed by atoms with Crippen molar-refractivity contribution in [2.45, 2.75) is 309 Å². The second-order valence-electron chi connectivity index (χ2n) is 22.0. The maximum atomic E-state index is 12.9. The molecule has 6 nitrogen and oxygen atoms in total. The maximum Gasteiger partial charge on any atom is 0.306 e. The number of allylic oxidation sites excluding steroid dienone is 22. The molecule has 0 saturated heterocycles. The highest BCUT2D eigenvalue weighted by Crippen LogP contribution is 2.16. The van der Waals surface area contributed by atoms with Gasteiger partial charge in [-0.1, -0.05) is 289 Å². The molecule has 0 spiro atoms. The van der Waals surface area contributed by atoms with Crippen LogP contribution in [0.2, 0.25) is 0 Å². The average molecular weight is 1120 g/mol. The predicted octanol–water partition coefficient (Wildman–Crippen LogP) is 23.3. The predicted molar refractivity (Wildman–Crippen MR) is 353 cm³/mol. The van der Waals surface area contributed by atoms with Gasteiger partial charge < -0.3 is 14.2 Å². The number of hydrogen-bond acceptors (Lipinski definition) is 6. The summed E-state index contributed by atoms with van der Waals surface area (Å²) in [4.78, 5) is 38.3. The second kappa shape index (κ2) is 68.1. The fraction of sp³-hybridized carbons (Fsp3) is 0.667. The topological polar surface area (TPSA) is 78.9 Å². The Hall–Kier alpha value is -4.45. The van der Waals surface area contributed by atoms with Crippen molar-refractivity contribution < 1.29 is 28.6 Å². The molecule has 0 radical (unpaired) electrons. The molecule has 0 saturated carbocycles.